The van der Waals surface area contributed by atoms with Gasteiger partial charge >= 0.3 is 0 Å². The van der Waals surface area contributed by atoms with E-state index in [9.17, 15) is 14.4 Å². The Labute approximate surface area is 177 Å². The standard InChI is InChI=1S/C21H33N5O4/c1-5-26-17(18(27)22-9-6-12-30-4)14-21(20(26)29)7-10-25(11-8-21)19(28)16-13-15(2)24(3)23-16/h13,17H,5-12,14H2,1-4H3,(H,22,27). The maximum Gasteiger partial charge on any atom is 0.274 e. The quantitative estimate of drug-likeness (QED) is 0.657. The van der Waals surface area contributed by atoms with Crippen molar-refractivity contribution >= 4 is 17.7 Å². The minimum atomic E-state index is -0.554. The number of aromatic nitrogens is 2. The molecule has 2 aliphatic heterocycles. The monoisotopic (exact) mass is 419 g/mol. The molecule has 0 bridgehead atoms. The van der Waals surface area contributed by atoms with E-state index in [0.29, 0.717) is 57.7 Å². The first-order valence-electron chi connectivity index (χ1n) is 10.7. The summed E-state index contributed by atoms with van der Waals surface area (Å²) in [5, 5.41) is 7.21. The zero-order valence-corrected chi connectivity index (χ0v) is 18.4. The lowest BCUT2D eigenvalue weighted by Crippen LogP contribution is -2.47. The lowest BCUT2D eigenvalue weighted by atomic mass is 9.76. The number of carbonyl (C=O) groups excluding carboxylic acids is 3. The van der Waals surface area contributed by atoms with Crippen molar-refractivity contribution in [1.82, 2.24) is 24.9 Å². The van der Waals surface area contributed by atoms with Gasteiger partial charge in [-0.05, 0) is 45.6 Å². The first-order valence-corrected chi connectivity index (χ1v) is 10.7. The van der Waals surface area contributed by atoms with Crippen LogP contribution in [0, 0.1) is 12.3 Å². The van der Waals surface area contributed by atoms with E-state index in [1.807, 2.05) is 20.9 Å². The third-order valence-electron chi connectivity index (χ3n) is 6.48. The highest BCUT2D eigenvalue weighted by molar-refractivity contribution is 5.95. The fourth-order valence-electron chi connectivity index (χ4n) is 4.54. The van der Waals surface area contributed by atoms with Crippen molar-refractivity contribution in [3.8, 4) is 0 Å². The van der Waals surface area contributed by atoms with Crippen LogP contribution in [0.15, 0.2) is 6.07 Å². The maximum absolute atomic E-state index is 13.2. The van der Waals surface area contributed by atoms with Gasteiger partial charge in [0.05, 0.1) is 5.41 Å². The Bertz CT molecular complexity index is 778. The van der Waals surface area contributed by atoms with Crippen LogP contribution in [0.1, 0.15) is 48.8 Å². The predicted octanol–water partition coefficient (Wildman–Crippen LogP) is 0.724. The van der Waals surface area contributed by atoms with E-state index in [1.54, 1.807) is 27.7 Å². The molecule has 166 valence electrons. The minimum Gasteiger partial charge on any atom is -0.385 e. The molecular weight excluding hydrogens is 386 g/mol. The van der Waals surface area contributed by atoms with Gasteiger partial charge in [0.25, 0.3) is 5.91 Å². The number of likely N-dealkylation sites (tertiary alicyclic amines) is 2. The topological polar surface area (TPSA) is 96.8 Å². The zero-order chi connectivity index (χ0) is 21.9. The van der Waals surface area contributed by atoms with Gasteiger partial charge in [-0.1, -0.05) is 0 Å². The first-order chi connectivity index (χ1) is 14.3. The first kappa shape index (κ1) is 22.3. The van der Waals surface area contributed by atoms with Crippen LogP contribution in [0.4, 0.5) is 0 Å². The maximum atomic E-state index is 13.2. The van der Waals surface area contributed by atoms with Gasteiger partial charge in [0, 0.05) is 52.6 Å². The summed E-state index contributed by atoms with van der Waals surface area (Å²) in [7, 11) is 3.44. The van der Waals surface area contributed by atoms with Crippen molar-refractivity contribution in [3.63, 3.8) is 0 Å². The second-order valence-electron chi connectivity index (χ2n) is 8.32. The summed E-state index contributed by atoms with van der Waals surface area (Å²) in [6, 6.07) is 1.35. The van der Waals surface area contributed by atoms with Crippen molar-refractivity contribution in [1.29, 1.82) is 0 Å². The fraction of sp³-hybridized carbons (Fsp3) is 0.714. The van der Waals surface area contributed by atoms with Crippen LogP contribution in [0.25, 0.3) is 0 Å². The number of nitrogens with one attached hydrogen (secondary N) is 1. The molecule has 9 nitrogen and oxygen atoms in total. The highest BCUT2D eigenvalue weighted by Crippen LogP contribution is 2.44. The molecule has 1 aromatic rings. The van der Waals surface area contributed by atoms with Gasteiger partial charge in [0.1, 0.15) is 6.04 Å². The number of hydrogen-bond donors (Lipinski definition) is 1. The van der Waals surface area contributed by atoms with Crippen LogP contribution < -0.4 is 5.32 Å². The Hall–Kier alpha value is -2.42. The fourth-order valence-corrected chi connectivity index (χ4v) is 4.54. The molecule has 1 N–H and O–H groups in total. The van der Waals surface area contributed by atoms with Gasteiger partial charge in [-0.15, -0.1) is 0 Å². The number of ether oxygens (including phenoxy) is 1. The van der Waals surface area contributed by atoms with Gasteiger partial charge < -0.3 is 19.9 Å². The van der Waals surface area contributed by atoms with E-state index >= 15 is 0 Å². The molecule has 0 aromatic carbocycles. The van der Waals surface area contributed by atoms with Crippen LogP contribution in [0.5, 0.6) is 0 Å². The molecule has 30 heavy (non-hydrogen) atoms. The summed E-state index contributed by atoms with van der Waals surface area (Å²) in [4.78, 5) is 42.2. The van der Waals surface area contributed by atoms with Crippen molar-refractivity contribution in [2.24, 2.45) is 12.5 Å². The Morgan fingerprint density at radius 3 is 2.60 bits per heavy atom. The number of likely N-dealkylation sites (N-methyl/N-ethyl adjacent to an activating group) is 1. The van der Waals surface area contributed by atoms with E-state index in [4.69, 9.17) is 4.74 Å². The second-order valence-corrected chi connectivity index (χ2v) is 8.32. The number of methoxy groups -OCH3 is 1. The summed E-state index contributed by atoms with van der Waals surface area (Å²) < 4.78 is 6.70. The van der Waals surface area contributed by atoms with E-state index < -0.39 is 11.5 Å². The molecule has 3 rings (SSSR count). The Kier molecular flexibility index (Phi) is 6.80. The van der Waals surface area contributed by atoms with Gasteiger partial charge in [-0.2, -0.15) is 5.10 Å². The number of carbonyl (C=O) groups is 3. The summed E-state index contributed by atoms with van der Waals surface area (Å²) in [5.74, 6) is -0.151. The normalized spacial score (nSPS) is 20.8. The smallest absolute Gasteiger partial charge is 0.274 e. The van der Waals surface area contributed by atoms with Crippen molar-refractivity contribution in [3.05, 3.63) is 17.5 Å². The molecule has 2 saturated heterocycles. The molecule has 3 heterocycles. The Morgan fingerprint density at radius 2 is 2.03 bits per heavy atom. The summed E-state index contributed by atoms with van der Waals surface area (Å²) in [6.45, 7) is 6.45. The van der Waals surface area contributed by atoms with Crippen LogP contribution in [0.3, 0.4) is 0 Å². The Balaban J connectivity index is 1.63. The third kappa shape index (κ3) is 4.21. The van der Waals surface area contributed by atoms with Crippen molar-refractivity contribution in [2.45, 2.75) is 45.6 Å². The number of piperidine rings is 1. The van der Waals surface area contributed by atoms with Crippen LogP contribution in [0.2, 0.25) is 0 Å². The highest BCUT2D eigenvalue weighted by Gasteiger charge is 2.54. The van der Waals surface area contributed by atoms with E-state index in [-0.39, 0.29) is 17.7 Å². The molecule has 1 atom stereocenters. The molecular formula is C21H33N5O4. The van der Waals surface area contributed by atoms with Gasteiger partial charge in [0.15, 0.2) is 5.69 Å². The second kappa shape index (κ2) is 9.16. The molecule has 0 radical (unpaired) electrons. The number of rotatable bonds is 7. The summed E-state index contributed by atoms with van der Waals surface area (Å²) >= 11 is 0. The SMILES string of the molecule is CCN1C(=O)C2(CCN(C(=O)c3cc(C)n(C)n3)CC2)CC1C(=O)NCCCOC. The third-order valence-corrected chi connectivity index (χ3v) is 6.48. The largest absolute Gasteiger partial charge is 0.385 e. The molecule has 9 heteroatoms. The highest BCUT2D eigenvalue weighted by atomic mass is 16.5. The lowest BCUT2D eigenvalue weighted by Gasteiger charge is -2.37. The summed E-state index contributed by atoms with van der Waals surface area (Å²) in [6.07, 6.45) is 2.41. The van der Waals surface area contributed by atoms with Gasteiger partial charge in [-0.3, -0.25) is 19.1 Å². The number of amides is 3. The molecule has 2 fully saturated rings. The van der Waals surface area contributed by atoms with Crippen LogP contribution >= 0.6 is 0 Å². The van der Waals surface area contributed by atoms with E-state index in [2.05, 4.69) is 10.4 Å². The summed E-state index contributed by atoms with van der Waals surface area (Å²) in [5.41, 5.74) is 0.810. The lowest BCUT2D eigenvalue weighted by molar-refractivity contribution is -0.140. The van der Waals surface area contributed by atoms with Gasteiger partial charge in [0.2, 0.25) is 11.8 Å². The number of nitrogens with zero attached hydrogens (tertiary/aromatic N) is 4. The molecule has 1 spiro atoms. The number of aryl methyl sites for hydroxylation is 2. The van der Waals surface area contributed by atoms with E-state index in [0.717, 1.165) is 12.1 Å². The average molecular weight is 420 g/mol. The van der Waals surface area contributed by atoms with Crippen molar-refractivity contribution in [2.75, 3.05) is 39.9 Å². The van der Waals surface area contributed by atoms with Crippen LogP contribution in [-0.4, -0.2) is 83.2 Å². The molecule has 2 aliphatic rings. The van der Waals surface area contributed by atoms with Crippen molar-refractivity contribution < 1.29 is 19.1 Å². The average Bonchev–Trinajstić information content (AvgIpc) is 3.22. The Morgan fingerprint density at radius 1 is 1.33 bits per heavy atom. The zero-order valence-electron chi connectivity index (χ0n) is 18.4. The molecule has 0 saturated carbocycles. The predicted molar refractivity (Wildman–Crippen MR) is 111 cm³/mol. The molecule has 0 aliphatic carbocycles. The molecule has 3 amide bonds. The minimum absolute atomic E-state index is 0.0443. The van der Waals surface area contributed by atoms with E-state index in [1.165, 1.54) is 0 Å². The van der Waals surface area contributed by atoms with Gasteiger partial charge in [-0.25, -0.2) is 0 Å². The number of hydrogen-bond acceptors (Lipinski definition) is 5. The molecule has 1 aromatic heterocycles. The molecule has 1 unspecified atom stereocenters. The van der Waals surface area contributed by atoms with Crippen LogP contribution in [-0.2, 0) is 21.4 Å².